The van der Waals surface area contributed by atoms with Crippen LogP contribution in [0.5, 0.6) is 0 Å². The van der Waals surface area contributed by atoms with Gasteiger partial charge >= 0.3 is 6.03 Å². The number of hydrogen-bond donors (Lipinski definition) is 3. The molecule has 1 fully saturated rings. The molecule has 4 rings (SSSR count). The molecule has 3 N–H and O–H groups in total. The minimum absolute atomic E-state index is 0.275. The standard InChI is InChI=1S/C25H30ClN7O/c1-2-32-14-16-33(17-15-32)23-10-8-20(26)18-22(23)29-25(34)28-13-12-27-24-11-9-21(30-31-24)19-6-4-3-5-7-19/h3-11,18H,2,12-17H2,1H3,(H,27,31)(H2,28,29,34). The lowest BCUT2D eigenvalue weighted by Crippen LogP contribution is -2.46. The molecule has 0 saturated carbocycles. The van der Waals surface area contributed by atoms with E-state index in [1.54, 1.807) is 6.07 Å². The fraction of sp³-hybridized carbons (Fsp3) is 0.320. The van der Waals surface area contributed by atoms with E-state index < -0.39 is 0 Å². The highest BCUT2D eigenvalue weighted by molar-refractivity contribution is 6.31. The highest BCUT2D eigenvalue weighted by Crippen LogP contribution is 2.30. The normalized spacial score (nSPS) is 14.0. The van der Waals surface area contributed by atoms with Gasteiger partial charge in [-0.3, -0.25) is 0 Å². The number of urea groups is 1. The van der Waals surface area contributed by atoms with E-state index in [1.165, 1.54) is 0 Å². The second-order valence-corrected chi connectivity index (χ2v) is 8.50. The molecule has 0 radical (unpaired) electrons. The van der Waals surface area contributed by atoms with Crippen LogP contribution in [0.3, 0.4) is 0 Å². The molecule has 0 atom stereocenters. The lowest BCUT2D eigenvalue weighted by Gasteiger charge is -2.36. The van der Waals surface area contributed by atoms with Crippen molar-refractivity contribution in [3.05, 3.63) is 65.7 Å². The van der Waals surface area contributed by atoms with Gasteiger partial charge in [0.1, 0.15) is 5.82 Å². The Hall–Kier alpha value is -3.36. The molecule has 2 aromatic carbocycles. The molecule has 1 aliphatic heterocycles. The minimum atomic E-state index is -0.275. The Morgan fingerprint density at radius 1 is 0.971 bits per heavy atom. The average Bonchev–Trinajstić information content (AvgIpc) is 2.88. The first-order valence-corrected chi connectivity index (χ1v) is 11.9. The third kappa shape index (κ3) is 6.36. The van der Waals surface area contributed by atoms with Gasteiger partial charge in [0.05, 0.1) is 17.1 Å². The number of carbonyl (C=O) groups excluding carboxylic acids is 1. The van der Waals surface area contributed by atoms with Crippen LogP contribution in [0, 0.1) is 0 Å². The summed E-state index contributed by atoms with van der Waals surface area (Å²) in [4.78, 5) is 17.2. The third-order valence-corrected chi connectivity index (χ3v) is 6.05. The lowest BCUT2D eigenvalue weighted by atomic mass is 10.1. The summed E-state index contributed by atoms with van der Waals surface area (Å²) in [7, 11) is 0. The van der Waals surface area contributed by atoms with Crippen molar-refractivity contribution < 1.29 is 4.79 Å². The number of carbonyl (C=O) groups is 1. The zero-order chi connectivity index (χ0) is 23.8. The lowest BCUT2D eigenvalue weighted by molar-refractivity contribution is 0.252. The second-order valence-electron chi connectivity index (χ2n) is 8.06. The minimum Gasteiger partial charge on any atom is -0.367 e. The molecule has 178 valence electrons. The summed E-state index contributed by atoms with van der Waals surface area (Å²) < 4.78 is 0. The number of hydrogen-bond acceptors (Lipinski definition) is 6. The van der Waals surface area contributed by atoms with Crippen molar-refractivity contribution in [1.82, 2.24) is 20.4 Å². The van der Waals surface area contributed by atoms with Gasteiger partial charge in [0.2, 0.25) is 0 Å². The van der Waals surface area contributed by atoms with Gasteiger partial charge < -0.3 is 25.8 Å². The summed E-state index contributed by atoms with van der Waals surface area (Å²) in [5.74, 6) is 0.658. The third-order valence-electron chi connectivity index (χ3n) is 5.82. The molecule has 34 heavy (non-hydrogen) atoms. The van der Waals surface area contributed by atoms with E-state index in [9.17, 15) is 4.79 Å². The first-order chi connectivity index (χ1) is 16.6. The molecule has 9 heteroatoms. The number of likely N-dealkylation sites (N-methyl/N-ethyl adjacent to an activating group) is 1. The zero-order valence-electron chi connectivity index (χ0n) is 19.3. The summed E-state index contributed by atoms with van der Waals surface area (Å²) in [6, 6.07) is 19.1. The van der Waals surface area contributed by atoms with Crippen molar-refractivity contribution in [1.29, 1.82) is 0 Å². The number of amides is 2. The number of piperazine rings is 1. The number of aromatic nitrogens is 2. The van der Waals surface area contributed by atoms with E-state index in [0.29, 0.717) is 29.6 Å². The van der Waals surface area contributed by atoms with E-state index in [4.69, 9.17) is 11.6 Å². The largest absolute Gasteiger partial charge is 0.367 e. The molecular formula is C25H30ClN7O. The molecule has 1 saturated heterocycles. The van der Waals surface area contributed by atoms with E-state index in [2.05, 4.69) is 42.9 Å². The molecule has 0 aliphatic carbocycles. The molecular weight excluding hydrogens is 450 g/mol. The van der Waals surface area contributed by atoms with Crippen molar-refractivity contribution in [2.45, 2.75) is 6.92 Å². The van der Waals surface area contributed by atoms with Gasteiger partial charge in [-0.25, -0.2) is 4.79 Å². The molecule has 1 aliphatic rings. The van der Waals surface area contributed by atoms with Crippen LogP contribution in [-0.4, -0.2) is 66.9 Å². The van der Waals surface area contributed by atoms with Gasteiger partial charge in [-0.15, -0.1) is 10.2 Å². The van der Waals surface area contributed by atoms with Crippen molar-refractivity contribution >= 4 is 34.8 Å². The summed E-state index contributed by atoms with van der Waals surface area (Å²) in [6.45, 7) is 8.03. The van der Waals surface area contributed by atoms with Gasteiger partial charge in [-0.05, 0) is 36.9 Å². The molecule has 0 bridgehead atoms. The van der Waals surface area contributed by atoms with Crippen LogP contribution < -0.4 is 20.9 Å². The Balaban J connectivity index is 1.25. The Bertz CT molecular complexity index is 1070. The average molecular weight is 480 g/mol. The molecule has 2 heterocycles. The predicted molar refractivity (Wildman–Crippen MR) is 139 cm³/mol. The van der Waals surface area contributed by atoms with E-state index in [1.807, 2.05) is 54.6 Å². The molecule has 8 nitrogen and oxygen atoms in total. The second kappa shape index (κ2) is 11.7. The zero-order valence-corrected chi connectivity index (χ0v) is 20.1. The smallest absolute Gasteiger partial charge is 0.319 e. The van der Waals surface area contributed by atoms with Crippen LogP contribution in [0.25, 0.3) is 11.3 Å². The fourth-order valence-electron chi connectivity index (χ4n) is 3.91. The highest BCUT2D eigenvalue weighted by Gasteiger charge is 2.19. The number of benzene rings is 2. The topological polar surface area (TPSA) is 85.4 Å². The Labute approximate surface area is 205 Å². The van der Waals surface area contributed by atoms with Crippen molar-refractivity contribution in [2.24, 2.45) is 0 Å². The van der Waals surface area contributed by atoms with Crippen LogP contribution >= 0.6 is 11.6 Å². The Morgan fingerprint density at radius 2 is 1.76 bits per heavy atom. The van der Waals surface area contributed by atoms with Gasteiger partial charge in [-0.1, -0.05) is 48.9 Å². The molecule has 2 amide bonds. The van der Waals surface area contributed by atoms with Crippen molar-refractivity contribution in [3.8, 4) is 11.3 Å². The number of rotatable bonds is 8. The van der Waals surface area contributed by atoms with Crippen LogP contribution in [0.4, 0.5) is 22.0 Å². The van der Waals surface area contributed by atoms with Crippen molar-refractivity contribution in [2.75, 3.05) is 61.3 Å². The SMILES string of the molecule is CCN1CCN(c2ccc(Cl)cc2NC(=O)NCCNc2ccc(-c3ccccc3)nn2)CC1. The predicted octanol–water partition coefficient (Wildman–Crippen LogP) is 4.17. The van der Waals surface area contributed by atoms with Gasteiger partial charge in [-0.2, -0.15) is 0 Å². The van der Waals surface area contributed by atoms with Crippen LogP contribution in [0.1, 0.15) is 6.92 Å². The van der Waals surface area contributed by atoms with Gasteiger partial charge in [0.15, 0.2) is 0 Å². The molecule has 0 unspecified atom stereocenters. The number of halogens is 1. The Kier molecular flexibility index (Phi) is 8.17. The maximum absolute atomic E-state index is 12.5. The highest BCUT2D eigenvalue weighted by atomic mass is 35.5. The summed E-state index contributed by atoms with van der Waals surface area (Å²) >= 11 is 6.21. The maximum Gasteiger partial charge on any atom is 0.319 e. The van der Waals surface area contributed by atoms with Crippen molar-refractivity contribution in [3.63, 3.8) is 0 Å². The van der Waals surface area contributed by atoms with Crippen LogP contribution in [0.15, 0.2) is 60.7 Å². The van der Waals surface area contributed by atoms with Gasteiger partial charge in [0, 0.05) is 49.9 Å². The Morgan fingerprint density at radius 3 is 2.47 bits per heavy atom. The molecule has 0 spiro atoms. The first kappa shape index (κ1) is 23.8. The number of anilines is 3. The fourth-order valence-corrected chi connectivity index (χ4v) is 4.08. The first-order valence-electron chi connectivity index (χ1n) is 11.6. The van der Waals surface area contributed by atoms with Crippen LogP contribution in [-0.2, 0) is 0 Å². The maximum atomic E-state index is 12.5. The van der Waals surface area contributed by atoms with E-state index >= 15 is 0 Å². The number of nitrogens with one attached hydrogen (secondary N) is 3. The van der Waals surface area contributed by atoms with Gasteiger partial charge in [0.25, 0.3) is 0 Å². The molecule has 1 aromatic heterocycles. The summed E-state index contributed by atoms with van der Waals surface area (Å²) in [5, 5.41) is 18.1. The van der Waals surface area contributed by atoms with E-state index in [0.717, 1.165) is 49.7 Å². The summed E-state index contributed by atoms with van der Waals surface area (Å²) in [5.41, 5.74) is 3.54. The monoisotopic (exact) mass is 479 g/mol. The molecule has 3 aromatic rings. The summed E-state index contributed by atoms with van der Waals surface area (Å²) in [6.07, 6.45) is 0. The van der Waals surface area contributed by atoms with E-state index in [-0.39, 0.29) is 6.03 Å². The quantitative estimate of drug-likeness (QED) is 0.420. The number of nitrogens with zero attached hydrogens (tertiary/aromatic N) is 4. The van der Waals surface area contributed by atoms with Crippen LogP contribution in [0.2, 0.25) is 5.02 Å².